The summed E-state index contributed by atoms with van der Waals surface area (Å²) in [4.78, 5) is 10.6. The molecule has 0 unspecified atom stereocenters. The molecule has 8 heteroatoms. The number of hydrogen-bond acceptors (Lipinski definition) is 6. The maximum Gasteiger partial charge on any atom is 0.274 e. The number of nitro benzene ring substituents is 1. The molecule has 1 aromatic heterocycles. The van der Waals surface area contributed by atoms with Crippen molar-refractivity contribution in [1.29, 1.82) is 0 Å². The molecule has 0 aliphatic carbocycles. The second-order valence-corrected chi connectivity index (χ2v) is 4.90. The molecule has 0 aliphatic heterocycles. The SMILES string of the molecule is Cc1c(NCc2nnnn2-c2ccccc2)cccc1[N+](=O)[O-]. The van der Waals surface area contributed by atoms with Crippen molar-refractivity contribution < 1.29 is 4.92 Å². The largest absolute Gasteiger partial charge is 0.377 e. The van der Waals surface area contributed by atoms with E-state index in [0.717, 1.165) is 5.69 Å². The van der Waals surface area contributed by atoms with Crippen LogP contribution in [0.1, 0.15) is 11.4 Å². The van der Waals surface area contributed by atoms with Crippen molar-refractivity contribution in [2.75, 3.05) is 5.32 Å². The van der Waals surface area contributed by atoms with E-state index < -0.39 is 4.92 Å². The lowest BCUT2D eigenvalue weighted by molar-refractivity contribution is -0.385. The standard InChI is InChI=1S/C15H14N6O2/c1-11-13(8-5-9-14(11)21(22)23)16-10-15-17-18-19-20(15)12-6-3-2-4-7-12/h2-9,16H,10H2,1H3. The molecule has 0 atom stereocenters. The van der Waals surface area contributed by atoms with E-state index in [2.05, 4.69) is 20.8 Å². The van der Waals surface area contributed by atoms with Gasteiger partial charge in [0.25, 0.3) is 5.69 Å². The van der Waals surface area contributed by atoms with Crippen LogP contribution in [0.15, 0.2) is 48.5 Å². The highest BCUT2D eigenvalue weighted by Gasteiger charge is 2.14. The van der Waals surface area contributed by atoms with E-state index >= 15 is 0 Å². The predicted molar refractivity (Wildman–Crippen MR) is 84.3 cm³/mol. The molecule has 0 saturated heterocycles. The molecule has 8 nitrogen and oxygen atoms in total. The second-order valence-electron chi connectivity index (χ2n) is 4.90. The van der Waals surface area contributed by atoms with Crippen LogP contribution in [-0.2, 0) is 6.54 Å². The Labute approximate surface area is 131 Å². The molecular formula is C15H14N6O2. The van der Waals surface area contributed by atoms with Crippen molar-refractivity contribution in [3.8, 4) is 5.69 Å². The van der Waals surface area contributed by atoms with Crippen LogP contribution < -0.4 is 5.32 Å². The minimum atomic E-state index is -0.394. The molecule has 0 fully saturated rings. The minimum absolute atomic E-state index is 0.0812. The van der Waals surface area contributed by atoms with E-state index in [1.54, 1.807) is 23.7 Å². The monoisotopic (exact) mass is 310 g/mol. The van der Waals surface area contributed by atoms with Gasteiger partial charge in [-0.15, -0.1) is 5.10 Å². The Bertz CT molecular complexity index is 831. The molecule has 0 aliphatic rings. The molecule has 3 aromatic rings. The van der Waals surface area contributed by atoms with Crippen molar-refractivity contribution >= 4 is 11.4 Å². The van der Waals surface area contributed by atoms with Crippen molar-refractivity contribution in [1.82, 2.24) is 20.2 Å². The van der Waals surface area contributed by atoms with E-state index in [0.29, 0.717) is 23.6 Å². The van der Waals surface area contributed by atoms with E-state index in [1.807, 2.05) is 30.3 Å². The van der Waals surface area contributed by atoms with Crippen LogP contribution >= 0.6 is 0 Å². The molecule has 2 aromatic carbocycles. The Kier molecular flexibility index (Phi) is 3.96. The number of rotatable bonds is 5. The zero-order valence-corrected chi connectivity index (χ0v) is 12.4. The van der Waals surface area contributed by atoms with Gasteiger partial charge in [0.2, 0.25) is 0 Å². The molecule has 0 spiro atoms. The van der Waals surface area contributed by atoms with Gasteiger partial charge in [-0.05, 0) is 35.5 Å². The summed E-state index contributed by atoms with van der Waals surface area (Å²) in [6.07, 6.45) is 0. The summed E-state index contributed by atoms with van der Waals surface area (Å²) in [5.74, 6) is 0.613. The number of para-hydroxylation sites is 1. The number of nitrogens with zero attached hydrogens (tertiary/aromatic N) is 5. The topological polar surface area (TPSA) is 98.8 Å². The quantitative estimate of drug-likeness (QED) is 0.574. The smallest absolute Gasteiger partial charge is 0.274 e. The van der Waals surface area contributed by atoms with Gasteiger partial charge in [-0.1, -0.05) is 24.3 Å². The molecule has 0 radical (unpaired) electrons. The van der Waals surface area contributed by atoms with Crippen molar-refractivity contribution in [2.45, 2.75) is 13.5 Å². The van der Waals surface area contributed by atoms with Crippen LogP contribution in [0.2, 0.25) is 0 Å². The third-order valence-corrected chi connectivity index (χ3v) is 3.47. The van der Waals surface area contributed by atoms with Gasteiger partial charge in [0.1, 0.15) is 0 Å². The number of anilines is 1. The normalized spacial score (nSPS) is 10.5. The first-order valence-corrected chi connectivity index (χ1v) is 6.97. The van der Waals surface area contributed by atoms with Crippen LogP contribution in [0.25, 0.3) is 5.69 Å². The van der Waals surface area contributed by atoms with Gasteiger partial charge in [0.15, 0.2) is 5.82 Å². The van der Waals surface area contributed by atoms with Crippen LogP contribution in [0, 0.1) is 17.0 Å². The van der Waals surface area contributed by atoms with E-state index in [1.165, 1.54) is 6.07 Å². The van der Waals surface area contributed by atoms with Gasteiger partial charge in [-0.25, -0.2) is 0 Å². The Morgan fingerprint density at radius 2 is 1.96 bits per heavy atom. The first-order valence-electron chi connectivity index (χ1n) is 6.97. The molecule has 23 heavy (non-hydrogen) atoms. The van der Waals surface area contributed by atoms with Crippen LogP contribution in [0.5, 0.6) is 0 Å². The summed E-state index contributed by atoms with van der Waals surface area (Å²) in [5, 5.41) is 25.8. The average molecular weight is 310 g/mol. The maximum atomic E-state index is 11.0. The van der Waals surface area contributed by atoms with Gasteiger partial charge in [0, 0.05) is 17.3 Å². The predicted octanol–water partition coefficient (Wildman–Crippen LogP) is 2.49. The zero-order valence-electron chi connectivity index (χ0n) is 12.4. The molecule has 0 saturated carbocycles. The fraction of sp³-hybridized carbons (Fsp3) is 0.133. The Hall–Kier alpha value is -3.29. The van der Waals surface area contributed by atoms with E-state index in [9.17, 15) is 10.1 Å². The molecule has 116 valence electrons. The summed E-state index contributed by atoms with van der Waals surface area (Å²) in [5.41, 5.74) is 2.20. The first kappa shape index (κ1) is 14.6. The first-order chi connectivity index (χ1) is 11.2. The summed E-state index contributed by atoms with van der Waals surface area (Å²) in [7, 11) is 0. The third kappa shape index (κ3) is 3.00. The van der Waals surface area contributed by atoms with Crippen LogP contribution in [-0.4, -0.2) is 25.1 Å². The number of aromatic nitrogens is 4. The highest BCUT2D eigenvalue weighted by atomic mass is 16.6. The van der Waals surface area contributed by atoms with Crippen LogP contribution in [0.3, 0.4) is 0 Å². The highest BCUT2D eigenvalue weighted by molar-refractivity contribution is 5.59. The summed E-state index contributed by atoms with van der Waals surface area (Å²) >= 11 is 0. The lowest BCUT2D eigenvalue weighted by Gasteiger charge is -2.09. The molecule has 3 rings (SSSR count). The lowest BCUT2D eigenvalue weighted by Crippen LogP contribution is -2.09. The lowest BCUT2D eigenvalue weighted by atomic mass is 10.1. The maximum absolute atomic E-state index is 11.0. The second kappa shape index (κ2) is 6.22. The highest BCUT2D eigenvalue weighted by Crippen LogP contribution is 2.25. The van der Waals surface area contributed by atoms with E-state index in [-0.39, 0.29) is 5.69 Å². The van der Waals surface area contributed by atoms with Gasteiger partial charge in [0.05, 0.1) is 17.2 Å². The molecule has 0 amide bonds. The Morgan fingerprint density at radius 3 is 2.70 bits per heavy atom. The molecule has 0 bridgehead atoms. The van der Waals surface area contributed by atoms with Crippen molar-refractivity contribution in [2.24, 2.45) is 0 Å². The Morgan fingerprint density at radius 1 is 1.17 bits per heavy atom. The summed E-state index contributed by atoms with van der Waals surface area (Å²) in [6.45, 7) is 2.06. The number of nitro groups is 1. The number of tetrazole rings is 1. The molecule has 1 heterocycles. The van der Waals surface area contributed by atoms with E-state index in [4.69, 9.17) is 0 Å². The van der Waals surface area contributed by atoms with Gasteiger partial charge in [-0.3, -0.25) is 10.1 Å². The van der Waals surface area contributed by atoms with Crippen molar-refractivity contribution in [3.63, 3.8) is 0 Å². The van der Waals surface area contributed by atoms with Gasteiger partial charge < -0.3 is 5.32 Å². The fourth-order valence-corrected chi connectivity index (χ4v) is 2.27. The number of benzene rings is 2. The molecule has 1 N–H and O–H groups in total. The van der Waals surface area contributed by atoms with Crippen LogP contribution in [0.4, 0.5) is 11.4 Å². The average Bonchev–Trinajstić information content (AvgIpc) is 3.03. The molecular weight excluding hydrogens is 296 g/mol. The minimum Gasteiger partial charge on any atom is -0.377 e. The zero-order chi connectivity index (χ0) is 16.2. The number of hydrogen-bond donors (Lipinski definition) is 1. The summed E-state index contributed by atoms with van der Waals surface area (Å²) < 4.78 is 1.62. The fourth-order valence-electron chi connectivity index (χ4n) is 2.27. The van der Waals surface area contributed by atoms with Crippen molar-refractivity contribution in [3.05, 3.63) is 70.0 Å². The Balaban J connectivity index is 1.82. The van der Waals surface area contributed by atoms with Gasteiger partial charge >= 0.3 is 0 Å². The summed E-state index contributed by atoms with van der Waals surface area (Å²) in [6, 6.07) is 14.4. The third-order valence-electron chi connectivity index (χ3n) is 3.47. The van der Waals surface area contributed by atoms with Gasteiger partial charge in [-0.2, -0.15) is 4.68 Å². The number of nitrogens with one attached hydrogen (secondary N) is 1.